The summed E-state index contributed by atoms with van der Waals surface area (Å²) in [5.41, 5.74) is 5.51. The van der Waals surface area contributed by atoms with E-state index in [-0.39, 0.29) is 4.75 Å². The molecule has 0 radical (unpaired) electrons. The molecule has 1 nitrogen and oxygen atoms in total. The molecule has 0 aliphatic rings. The van der Waals surface area contributed by atoms with Gasteiger partial charge < -0.3 is 5.73 Å². The monoisotopic (exact) mass is 165 g/mol. The van der Waals surface area contributed by atoms with Gasteiger partial charge in [-0.25, -0.2) is 0 Å². The number of nitrogens with two attached hydrogens (primary N) is 1. The highest BCUT2D eigenvalue weighted by molar-refractivity contribution is 8.77. The Bertz CT molecular complexity index is 73.5. The van der Waals surface area contributed by atoms with E-state index in [9.17, 15) is 0 Å². The van der Waals surface area contributed by atoms with Gasteiger partial charge in [-0.05, 0) is 13.8 Å². The van der Waals surface area contributed by atoms with E-state index in [0.29, 0.717) is 0 Å². The van der Waals surface area contributed by atoms with Crippen molar-refractivity contribution in [2.45, 2.75) is 25.5 Å². The molecule has 3 heteroatoms. The molecule has 0 aliphatic heterocycles. The van der Waals surface area contributed by atoms with Gasteiger partial charge in [0.25, 0.3) is 0 Å². The van der Waals surface area contributed by atoms with E-state index in [1.54, 1.807) is 0 Å². The maximum absolute atomic E-state index is 5.51. The van der Waals surface area contributed by atoms with Crippen LogP contribution in [0.4, 0.5) is 0 Å². The first kappa shape index (κ1) is 9.66. The van der Waals surface area contributed by atoms with Crippen LogP contribution in [-0.2, 0) is 0 Å². The minimum atomic E-state index is 0.251. The van der Waals surface area contributed by atoms with Gasteiger partial charge >= 0.3 is 0 Å². The van der Waals surface area contributed by atoms with Crippen molar-refractivity contribution in [3.05, 3.63) is 0 Å². The van der Waals surface area contributed by atoms with Crippen LogP contribution in [0.3, 0.4) is 0 Å². The van der Waals surface area contributed by atoms with E-state index in [0.717, 1.165) is 12.3 Å². The first-order valence-corrected chi connectivity index (χ1v) is 5.45. The third-order valence-electron chi connectivity index (χ3n) is 0.894. The molecule has 0 atom stereocenters. The summed E-state index contributed by atoms with van der Waals surface area (Å²) in [7, 11) is 3.75. The highest BCUT2D eigenvalue weighted by Gasteiger charge is 2.15. The molecule has 0 rings (SSSR count). The first-order chi connectivity index (χ1) is 4.12. The first-order valence-electron chi connectivity index (χ1n) is 3.13. The van der Waals surface area contributed by atoms with E-state index in [1.807, 2.05) is 21.6 Å². The van der Waals surface area contributed by atoms with Gasteiger partial charge in [0.05, 0.1) is 0 Å². The summed E-state index contributed by atoms with van der Waals surface area (Å²) >= 11 is 0. The van der Waals surface area contributed by atoms with Crippen molar-refractivity contribution < 1.29 is 0 Å². The molecule has 0 saturated carbocycles. The summed E-state index contributed by atoms with van der Waals surface area (Å²) in [5, 5.41) is 0. The summed E-state index contributed by atoms with van der Waals surface area (Å²) < 4.78 is 0.251. The van der Waals surface area contributed by atoms with Crippen molar-refractivity contribution in [1.29, 1.82) is 0 Å². The summed E-state index contributed by atoms with van der Waals surface area (Å²) in [5.74, 6) is 1.16. The Kier molecular flexibility index (Phi) is 4.80. The molecule has 9 heavy (non-hydrogen) atoms. The van der Waals surface area contributed by atoms with Gasteiger partial charge in [0, 0.05) is 17.0 Å². The average Bonchev–Trinajstić information content (AvgIpc) is 1.84. The van der Waals surface area contributed by atoms with E-state index in [4.69, 9.17) is 5.73 Å². The highest BCUT2D eigenvalue weighted by Crippen LogP contribution is 2.34. The van der Waals surface area contributed by atoms with Crippen LogP contribution in [0.5, 0.6) is 0 Å². The zero-order valence-electron chi connectivity index (χ0n) is 6.31. The minimum Gasteiger partial charge on any atom is -0.329 e. The lowest BCUT2D eigenvalue weighted by Gasteiger charge is -2.19. The van der Waals surface area contributed by atoms with Crippen LogP contribution >= 0.6 is 21.6 Å². The van der Waals surface area contributed by atoms with Gasteiger partial charge in [0.1, 0.15) is 0 Å². The van der Waals surface area contributed by atoms with Crippen molar-refractivity contribution in [3.63, 3.8) is 0 Å². The number of hydrogen-bond acceptors (Lipinski definition) is 3. The van der Waals surface area contributed by atoms with Crippen LogP contribution in [0.25, 0.3) is 0 Å². The fraction of sp³-hybridized carbons (Fsp3) is 1.00. The van der Waals surface area contributed by atoms with Crippen LogP contribution in [-0.4, -0.2) is 17.0 Å². The normalized spacial score (nSPS) is 12.0. The SMILES string of the molecule is CCSSC(C)(C)CN. The number of rotatable bonds is 4. The Morgan fingerprint density at radius 1 is 1.44 bits per heavy atom. The molecule has 0 aromatic carbocycles. The molecule has 56 valence electrons. The molecule has 0 amide bonds. The minimum absolute atomic E-state index is 0.251. The second-order valence-electron chi connectivity index (χ2n) is 2.45. The summed E-state index contributed by atoms with van der Waals surface area (Å²) in [4.78, 5) is 0. The van der Waals surface area contributed by atoms with Crippen molar-refractivity contribution in [3.8, 4) is 0 Å². The van der Waals surface area contributed by atoms with Crippen LogP contribution in [0.15, 0.2) is 0 Å². The van der Waals surface area contributed by atoms with E-state index < -0.39 is 0 Å². The lowest BCUT2D eigenvalue weighted by Crippen LogP contribution is -2.25. The molecule has 0 heterocycles. The zero-order valence-corrected chi connectivity index (χ0v) is 7.94. The Morgan fingerprint density at radius 2 is 2.00 bits per heavy atom. The maximum atomic E-state index is 5.51. The standard InChI is InChI=1S/C6H15NS2/c1-4-8-9-6(2,3)5-7/h4-5,7H2,1-3H3. The Labute approximate surface area is 65.6 Å². The molecule has 0 unspecified atom stereocenters. The fourth-order valence-electron chi connectivity index (χ4n) is 0.252. The van der Waals surface area contributed by atoms with E-state index in [1.165, 1.54) is 0 Å². The van der Waals surface area contributed by atoms with Gasteiger partial charge in [-0.15, -0.1) is 0 Å². The van der Waals surface area contributed by atoms with Crippen LogP contribution in [0, 0.1) is 0 Å². The van der Waals surface area contributed by atoms with E-state index >= 15 is 0 Å². The lowest BCUT2D eigenvalue weighted by molar-refractivity contribution is 0.729. The third-order valence-corrected chi connectivity index (χ3v) is 4.28. The third kappa shape index (κ3) is 5.12. The topological polar surface area (TPSA) is 26.0 Å². The Balaban J connectivity index is 3.33. The van der Waals surface area contributed by atoms with Crippen LogP contribution < -0.4 is 5.73 Å². The van der Waals surface area contributed by atoms with Crippen molar-refractivity contribution >= 4 is 21.6 Å². The molecule has 0 bridgehead atoms. The van der Waals surface area contributed by atoms with Gasteiger partial charge in [-0.3, -0.25) is 0 Å². The Hall–Kier alpha value is 0.660. The molecule has 0 fully saturated rings. The lowest BCUT2D eigenvalue weighted by atomic mass is 10.2. The molecule has 2 N–H and O–H groups in total. The summed E-state index contributed by atoms with van der Waals surface area (Å²) in [6.45, 7) is 7.25. The largest absolute Gasteiger partial charge is 0.329 e. The Morgan fingerprint density at radius 3 is 2.33 bits per heavy atom. The van der Waals surface area contributed by atoms with Crippen molar-refractivity contribution in [2.75, 3.05) is 12.3 Å². The van der Waals surface area contributed by atoms with Gasteiger partial charge in [0.2, 0.25) is 0 Å². The molecular formula is C6H15NS2. The van der Waals surface area contributed by atoms with Gasteiger partial charge in [0.15, 0.2) is 0 Å². The fourth-order valence-corrected chi connectivity index (χ4v) is 2.27. The summed E-state index contributed by atoms with van der Waals surface area (Å²) in [6.07, 6.45) is 0. The maximum Gasteiger partial charge on any atom is 0.0329 e. The van der Waals surface area contributed by atoms with Crippen LogP contribution in [0.2, 0.25) is 0 Å². The van der Waals surface area contributed by atoms with Gasteiger partial charge in [-0.1, -0.05) is 28.5 Å². The van der Waals surface area contributed by atoms with Gasteiger partial charge in [-0.2, -0.15) is 0 Å². The molecule has 0 aromatic heterocycles. The molecule has 0 saturated heterocycles. The predicted molar refractivity (Wildman–Crippen MR) is 48.9 cm³/mol. The quantitative estimate of drug-likeness (QED) is 0.646. The van der Waals surface area contributed by atoms with Crippen molar-refractivity contribution in [2.24, 2.45) is 5.73 Å². The zero-order chi connectivity index (χ0) is 7.33. The highest BCUT2D eigenvalue weighted by atomic mass is 33.1. The van der Waals surface area contributed by atoms with Crippen LogP contribution in [0.1, 0.15) is 20.8 Å². The van der Waals surface area contributed by atoms with Crippen molar-refractivity contribution in [1.82, 2.24) is 0 Å². The predicted octanol–water partition coefficient (Wildman–Crippen LogP) is 2.12. The molecular weight excluding hydrogens is 150 g/mol. The summed E-state index contributed by atoms with van der Waals surface area (Å²) in [6, 6.07) is 0. The second kappa shape index (κ2) is 4.47. The molecule has 0 aromatic rings. The van der Waals surface area contributed by atoms with E-state index in [2.05, 4.69) is 20.8 Å². The average molecular weight is 165 g/mol. The molecule has 0 aliphatic carbocycles. The number of hydrogen-bond donors (Lipinski definition) is 1. The second-order valence-corrected chi connectivity index (χ2v) is 5.75. The smallest absolute Gasteiger partial charge is 0.0329 e. The molecule has 0 spiro atoms.